The number of pyridine rings is 1. The summed E-state index contributed by atoms with van der Waals surface area (Å²) in [4.78, 5) is 13.5. The maximum atomic E-state index is 6.10. The molecule has 4 heterocycles. The Morgan fingerprint density at radius 1 is 1.26 bits per heavy atom. The molecule has 0 aromatic carbocycles. The smallest absolute Gasteiger partial charge is 0.137 e. The fourth-order valence-corrected chi connectivity index (χ4v) is 3.28. The van der Waals surface area contributed by atoms with Crippen LogP contribution < -0.4 is 5.32 Å². The molecule has 1 fully saturated rings. The van der Waals surface area contributed by atoms with Crippen LogP contribution in [0, 0.1) is 0 Å². The van der Waals surface area contributed by atoms with E-state index in [0.717, 1.165) is 42.1 Å². The summed E-state index contributed by atoms with van der Waals surface area (Å²) >= 11 is 6.10. The van der Waals surface area contributed by atoms with E-state index in [1.807, 2.05) is 35.1 Å². The summed E-state index contributed by atoms with van der Waals surface area (Å²) in [6.45, 7) is 1.14. The number of hydrogen-bond acceptors (Lipinski definition) is 4. The van der Waals surface area contributed by atoms with Crippen molar-refractivity contribution in [1.29, 1.82) is 0 Å². The highest BCUT2D eigenvalue weighted by atomic mass is 35.5. The molecule has 0 radical (unpaired) electrons. The molecule has 118 valence electrons. The van der Waals surface area contributed by atoms with Gasteiger partial charge in [0.15, 0.2) is 0 Å². The molecule has 0 unspecified atom stereocenters. The molecular formula is C17H18ClN5. The van der Waals surface area contributed by atoms with E-state index in [9.17, 15) is 0 Å². The molecule has 23 heavy (non-hydrogen) atoms. The molecule has 6 heteroatoms. The van der Waals surface area contributed by atoms with Gasteiger partial charge in [0.25, 0.3) is 0 Å². The Balaban J connectivity index is 1.60. The number of halogens is 1. The zero-order chi connectivity index (χ0) is 15.6. The minimum Gasteiger partial charge on any atom is -0.314 e. The second-order valence-electron chi connectivity index (χ2n) is 5.95. The monoisotopic (exact) mass is 327 g/mol. The van der Waals surface area contributed by atoms with Gasteiger partial charge in [-0.1, -0.05) is 11.6 Å². The van der Waals surface area contributed by atoms with E-state index in [-0.39, 0.29) is 0 Å². The van der Waals surface area contributed by atoms with Crippen molar-refractivity contribution in [1.82, 2.24) is 24.7 Å². The minimum atomic E-state index is 0.620. The van der Waals surface area contributed by atoms with Gasteiger partial charge < -0.3 is 5.32 Å². The maximum Gasteiger partial charge on any atom is 0.137 e. The first-order valence-electron chi connectivity index (χ1n) is 7.97. The van der Waals surface area contributed by atoms with E-state index in [4.69, 9.17) is 16.6 Å². The number of nitrogens with zero attached hydrogens (tertiary/aromatic N) is 4. The van der Waals surface area contributed by atoms with Crippen LogP contribution in [-0.4, -0.2) is 31.9 Å². The Bertz CT molecular complexity index is 823. The van der Waals surface area contributed by atoms with Gasteiger partial charge in [-0.15, -0.1) is 0 Å². The summed E-state index contributed by atoms with van der Waals surface area (Å²) in [6, 6.07) is 4.36. The van der Waals surface area contributed by atoms with Gasteiger partial charge in [0.1, 0.15) is 11.3 Å². The average molecular weight is 328 g/mol. The van der Waals surface area contributed by atoms with E-state index in [2.05, 4.69) is 15.3 Å². The summed E-state index contributed by atoms with van der Waals surface area (Å²) in [6.07, 6.45) is 11.9. The van der Waals surface area contributed by atoms with Crippen LogP contribution in [0.15, 0.2) is 36.9 Å². The Labute approximate surface area is 139 Å². The van der Waals surface area contributed by atoms with Crippen molar-refractivity contribution >= 4 is 17.2 Å². The highest BCUT2D eigenvalue weighted by Crippen LogP contribution is 2.21. The van der Waals surface area contributed by atoms with Crippen LogP contribution in [0.3, 0.4) is 0 Å². The second kappa shape index (κ2) is 6.26. The van der Waals surface area contributed by atoms with Gasteiger partial charge in [0.05, 0.1) is 28.8 Å². The Morgan fingerprint density at radius 3 is 3.09 bits per heavy atom. The van der Waals surface area contributed by atoms with Crippen molar-refractivity contribution < 1.29 is 0 Å². The SMILES string of the molecule is Clc1ccc2ncc(-c3cncc(CC[C@H]4CCCN4)n3)n2c1. The normalized spacial score (nSPS) is 17.9. The van der Waals surface area contributed by atoms with Crippen molar-refractivity contribution in [3.05, 3.63) is 47.6 Å². The summed E-state index contributed by atoms with van der Waals surface area (Å²) in [5.74, 6) is 0. The third kappa shape index (κ3) is 3.07. The zero-order valence-corrected chi connectivity index (χ0v) is 13.5. The fraction of sp³-hybridized carbons (Fsp3) is 0.353. The molecular weight excluding hydrogens is 310 g/mol. The maximum absolute atomic E-state index is 6.10. The van der Waals surface area contributed by atoms with Gasteiger partial charge in [0.2, 0.25) is 0 Å². The average Bonchev–Trinajstić information content (AvgIpc) is 3.22. The first-order chi connectivity index (χ1) is 11.3. The molecule has 1 aliphatic heterocycles. The highest BCUT2D eigenvalue weighted by molar-refractivity contribution is 6.30. The second-order valence-corrected chi connectivity index (χ2v) is 6.38. The Morgan fingerprint density at radius 2 is 2.22 bits per heavy atom. The standard InChI is InChI=1S/C17H18ClN5/c18-12-3-6-17-21-10-16(23(17)11-12)15-9-19-8-14(22-15)5-4-13-2-1-7-20-13/h3,6,8-11,13,20H,1-2,4-5,7H2/t13-/m1/s1. The van der Waals surface area contributed by atoms with Crippen molar-refractivity contribution in [3.63, 3.8) is 0 Å². The predicted octanol–water partition coefficient (Wildman–Crippen LogP) is 3.13. The van der Waals surface area contributed by atoms with Crippen LogP contribution in [0.25, 0.3) is 17.0 Å². The van der Waals surface area contributed by atoms with Gasteiger partial charge in [-0.05, 0) is 44.4 Å². The first-order valence-corrected chi connectivity index (χ1v) is 8.35. The van der Waals surface area contributed by atoms with Crippen molar-refractivity contribution in [2.45, 2.75) is 31.7 Å². The molecule has 5 nitrogen and oxygen atoms in total. The van der Waals surface area contributed by atoms with Gasteiger partial charge in [0, 0.05) is 18.4 Å². The molecule has 0 aliphatic carbocycles. The molecule has 3 aromatic rings. The van der Waals surface area contributed by atoms with Crippen LogP contribution in [0.1, 0.15) is 25.0 Å². The molecule has 1 saturated heterocycles. The highest BCUT2D eigenvalue weighted by Gasteiger charge is 2.14. The van der Waals surface area contributed by atoms with Gasteiger partial charge in [-0.3, -0.25) is 9.38 Å². The largest absolute Gasteiger partial charge is 0.314 e. The van der Waals surface area contributed by atoms with E-state index < -0.39 is 0 Å². The first kappa shape index (κ1) is 14.6. The predicted molar refractivity (Wildman–Crippen MR) is 90.6 cm³/mol. The fourth-order valence-electron chi connectivity index (χ4n) is 3.12. The molecule has 1 aliphatic rings. The number of nitrogens with one attached hydrogen (secondary N) is 1. The molecule has 1 N–H and O–H groups in total. The zero-order valence-electron chi connectivity index (χ0n) is 12.7. The molecule has 1 atom stereocenters. The topological polar surface area (TPSA) is 55.1 Å². The molecule has 3 aromatic heterocycles. The number of rotatable bonds is 4. The molecule has 4 rings (SSSR count). The van der Waals surface area contributed by atoms with Crippen LogP contribution in [-0.2, 0) is 6.42 Å². The number of fused-ring (bicyclic) bond motifs is 1. The van der Waals surface area contributed by atoms with Crippen LogP contribution in [0.4, 0.5) is 0 Å². The Kier molecular flexibility index (Phi) is 3.97. The molecule has 0 spiro atoms. The quantitative estimate of drug-likeness (QED) is 0.800. The Hall–Kier alpha value is -1.98. The van der Waals surface area contributed by atoms with Gasteiger partial charge in [-0.2, -0.15) is 0 Å². The van der Waals surface area contributed by atoms with Gasteiger partial charge in [-0.25, -0.2) is 9.97 Å². The summed E-state index contributed by atoms with van der Waals surface area (Å²) in [5.41, 5.74) is 3.62. The van der Waals surface area contributed by atoms with E-state index in [0.29, 0.717) is 11.1 Å². The lowest BCUT2D eigenvalue weighted by Crippen LogP contribution is -2.21. The third-order valence-electron chi connectivity index (χ3n) is 4.33. The van der Waals surface area contributed by atoms with Crippen molar-refractivity contribution in [3.8, 4) is 11.4 Å². The lowest BCUT2D eigenvalue weighted by atomic mass is 10.1. The number of hydrogen-bond donors (Lipinski definition) is 1. The van der Waals surface area contributed by atoms with Crippen LogP contribution in [0.5, 0.6) is 0 Å². The van der Waals surface area contributed by atoms with E-state index in [1.165, 1.54) is 12.8 Å². The van der Waals surface area contributed by atoms with Crippen molar-refractivity contribution in [2.24, 2.45) is 0 Å². The third-order valence-corrected chi connectivity index (χ3v) is 4.55. The number of aryl methyl sites for hydroxylation is 1. The summed E-state index contributed by atoms with van der Waals surface area (Å²) < 4.78 is 1.95. The van der Waals surface area contributed by atoms with Crippen LogP contribution in [0.2, 0.25) is 5.02 Å². The lowest BCUT2D eigenvalue weighted by Gasteiger charge is -2.09. The number of imidazole rings is 1. The molecule has 0 amide bonds. The molecule has 0 bridgehead atoms. The summed E-state index contributed by atoms with van der Waals surface area (Å²) in [7, 11) is 0. The van der Waals surface area contributed by atoms with Crippen molar-refractivity contribution in [2.75, 3.05) is 6.54 Å². The minimum absolute atomic E-state index is 0.620. The van der Waals surface area contributed by atoms with E-state index >= 15 is 0 Å². The van der Waals surface area contributed by atoms with Crippen LogP contribution >= 0.6 is 11.6 Å². The lowest BCUT2D eigenvalue weighted by molar-refractivity contribution is 0.555. The summed E-state index contributed by atoms with van der Waals surface area (Å²) in [5, 5.41) is 4.20. The number of aromatic nitrogens is 4. The molecule has 0 saturated carbocycles. The van der Waals surface area contributed by atoms with Gasteiger partial charge >= 0.3 is 0 Å². The van der Waals surface area contributed by atoms with E-state index in [1.54, 1.807) is 6.20 Å².